The van der Waals surface area contributed by atoms with Crippen molar-refractivity contribution in [1.29, 1.82) is 0 Å². The lowest BCUT2D eigenvalue weighted by atomic mass is 10.0. The first-order valence-corrected chi connectivity index (χ1v) is 9.11. The molecular weight excluding hydrogens is 356 g/mol. The van der Waals surface area contributed by atoms with Crippen LogP contribution in [0.5, 0.6) is 11.5 Å². The number of nitrogens with zero attached hydrogens (tertiary/aromatic N) is 2. The highest BCUT2D eigenvalue weighted by molar-refractivity contribution is 5.95. The molecule has 1 amide bonds. The van der Waals surface area contributed by atoms with Gasteiger partial charge in [-0.15, -0.1) is 0 Å². The van der Waals surface area contributed by atoms with Crippen molar-refractivity contribution in [2.75, 3.05) is 31.4 Å². The second-order valence-electron chi connectivity index (χ2n) is 6.31. The van der Waals surface area contributed by atoms with E-state index >= 15 is 0 Å². The number of rotatable bonds is 7. The summed E-state index contributed by atoms with van der Waals surface area (Å²) in [5.41, 5.74) is 2.75. The minimum absolute atomic E-state index is 0.206. The van der Waals surface area contributed by atoms with Gasteiger partial charge >= 0.3 is 0 Å². The number of hydrogen-bond donors (Lipinski definition) is 2. The lowest BCUT2D eigenvalue weighted by Gasteiger charge is -2.13. The quantitative estimate of drug-likeness (QED) is 0.642. The Morgan fingerprint density at radius 1 is 1.00 bits per heavy atom. The van der Waals surface area contributed by atoms with Gasteiger partial charge in [0, 0.05) is 18.9 Å². The fourth-order valence-corrected chi connectivity index (χ4v) is 2.92. The fourth-order valence-electron chi connectivity index (χ4n) is 2.92. The van der Waals surface area contributed by atoms with E-state index in [4.69, 9.17) is 9.47 Å². The number of fused-ring (bicyclic) bond motifs is 1. The van der Waals surface area contributed by atoms with Gasteiger partial charge in [0.1, 0.15) is 5.82 Å². The molecule has 0 aliphatic carbocycles. The molecule has 28 heavy (non-hydrogen) atoms. The predicted octanol–water partition coefficient (Wildman–Crippen LogP) is 4.09. The SMILES string of the molecule is CCCNc1nc(NC(C)=O)nc2ccc(-c3ccc(OC)c(OC)c3)cc12. The second-order valence-corrected chi connectivity index (χ2v) is 6.31. The Morgan fingerprint density at radius 3 is 2.39 bits per heavy atom. The third kappa shape index (κ3) is 4.14. The smallest absolute Gasteiger partial charge is 0.231 e. The van der Waals surface area contributed by atoms with Gasteiger partial charge in [-0.05, 0) is 41.8 Å². The van der Waals surface area contributed by atoms with Crippen LogP contribution < -0.4 is 20.1 Å². The van der Waals surface area contributed by atoms with Crippen LogP contribution in [0.3, 0.4) is 0 Å². The number of amides is 1. The van der Waals surface area contributed by atoms with E-state index in [0.29, 0.717) is 17.3 Å². The standard InChI is InChI=1S/C21H24N4O3/c1-5-10-22-20-16-11-14(15-7-9-18(27-3)19(12-15)28-4)6-8-17(16)24-21(25-20)23-13(2)26/h6-9,11-12H,5,10H2,1-4H3,(H2,22,23,24,25,26). The Labute approximate surface area is 164 Å². The normalized spacial score (nSPS) is 10.6. The maximum Gasteiger partial charge on any atom is 0.231 e. The van der Waals surface area contributed by atoms with Crippen LogP contribution in [0.4, 0.5) is 11.8 Å². The van der Waals surface area contributed by atoms with Gasteiger partial charge in [0.05, 0.1) is 19.7 Å². The highest BCUT2D eigenvalue weighted by atomic mass is 16.5. The minimum atomic E-state index is -0.206. The molecule has 0 bridgehead atoms. The summed E-state index contributed by atoms with van der Waals surface area (Å²) in [6.07, 6.45) is 0.955. The lowest BCUT2D eigenvalue weighted by Crippen LogP contribution is -2.11. The highest BCUT2D eigenvalue weighted by Crippen LogP contribution is 2.34. The van der Waals surface area contributed by atoms with Crippen molar-refractivity contribution >= 4 is 28.6 Å². The molecule has 0 saturated heterocycles. The molecule has 7 nitrogen and oxygen atoms in total. The number of carbonyl (C=O) groups is 1. The Bertz CT molecular complexity index is 1000. The minimum Gasteiger partial charge on any atom is -0.493 e. The summed E-state index contributed by atoms with van der Waals surface area (Å²) in [5, 5.41) is 6.86. The zero-order chi connectivity index (χ0) is 20.1. The Hall–Kier alpha value is -3.35. The average Bonchev–Trinajstić information content (AvgIpc) is 2.70. The van der Waals surface area contributed by atoms with E-state index in [1.807, 2.05) is 36.4 Å². The fraction of sp³-hybridized carbons (Fsp3) is 0.286. The maximum atomic E-state index is 11.4. The summed E-state index contributed by atoms with van der Waals surface area (Å²) in [4.78, 5) is 20.3. The van der Waals surface area contributed by atoms with Gasteiger partial charge in [-0.2, -0.15) is 4.98 Å². The van der Waals surface area contributed by atoms with Gasteiger partial charge < -0.3 is 14.8 Å². The highest BCUT2D eigenvalue weighted by Gasteiger charge is 2.12. The first-order chi connectivity index (χ1) is 13.5. The Kier molecular flexibility index (Phi) is 5.93. The number of hydrogen-bond acceptors (Lipinski definition) is 6. The monoisotopic (exact) mass is 380 g/mol. The summed E-state index contributed by atoms with van der Waals surface area (Å²) in [5.74, 6) is 2.13. The summed E-state index contributed by atoms with van der Waals surface area (Å²) in [7, 11) is 3.23. The Balaban J connectivity index is 2.10. The molecule has 0 atom stereocenters. The molecule has 3 aromatic rings. The molecule has 0 aliphatic rings. The van der Waals surface area contributed by atoms with Crippen LogP contribution in [0, 0.1) is 0 Å². The van der Waals surface area contributed by atoms with E-state index in [0.717, 1.165) is 35.0 Å². The number of carbonyl (C=O) groups excluding carboxylic acids is 1. The van der Waals surface area contributed by atoms with Gasteiger partial charge in [0.15, 0.2) is 11.5 Å². The van der Waals surface area contributed by atoms with E-state index in [2.05, 4.69) is 27.5 Å². The van der Waals surface area contributed by atoms with E-state index in [-0.39, 0.29) is 11.9 Å². The van der Waals surface area contributed by atoms with Gasteiger partial charge in [-0.1, -0.05) is 19.1 Å². The Morgan fingerprint density at radius 2 is 1.71 bits per heavy atom. The largest absolute Gasteiger partial charge is 0.493 e. The van der Waals surface area contributed by atoms with Crippen LogP contribution >= 0.6 is 0 Å². The molecule has 0 unspecified atom stereocenters. The molecule has 7 heteroatoms. The molecule has 0 radical (unpaired) electrons. The van der Waals surface area contributed by atoms with Crippen molar-refractivity contribution in [3.63, 3.8) is 0 Å². The molecule has 146 valence electrons. The van der Waals surface area contributed by atoms with Crippen LogP contribution in [0.1, 0.15) is 20.3 Å². The average molecular weight is 380 g/mol. The third-order valence-corrected chi connectivity index (χ3v) is 4.24. The van der Waals surface area contributed by atoms with E-state index in [1.165, 1.54) is 6.92 Å². The number of anilines is 2. The molecule has 0 saturated carbocycles. The zero-order valence-electron chi connectivity index (χ0n) is 16.5. The molecule has 0 fully saturated rings. The van der Waals surface area contributed by atoms with E-state index in [9.17, 15) is 4.79 Å². The number of nitrogens with one attached hydrogen (secondary N) is 2. The van der Waals surface area contributed by atoms with Crippen LogP contribution in [0.2, 0.25) is 0 Å². The van der Waals surface area contributed by atoms with Crippen LogP contribution in [0.25, 0.3) is 22.0 Å². The first-order valence-electron chi connectivity index (χ1n) is 9.11. The molecule has 3 rings (SSSR count). The summed E-state index contributed by atoms with van der Waals surface area (Å²) < 4.78 is 10.7. The van der Waals surface area contributed by atoms with Crippen molar-refractivity contribution in [2.45, 2.75) is 20.3 Å². The van der Waals surface area contributed by atoms with Gasteiger partial charge in [-0.25, -0.2) is 4.98 Å². The molecular formula is C21H24N4O3. The zero-order valence-corrected chi connectivity index (χ0v) is 16.5. The predicted molar refractivity (Wildman–Crippen MR) is 111 cm³/mol. The number of benzene rings is 2. The number of ether oxygens (including phenoxy) is 2. The van der Waals surface area contributed by atoms with Crippen molar-refractivity contribution in [2.24, 2.45) is 0 Å². The maximum absolute atomic E-state index is 11.4. The van der Waals surface area contributed by atoms with Gasteiger partial charge in [-0.3, -0.25) is 10.1 Å². The van der Waals surface area contributed by atoms with Crippen LogP contribution in [-0.4, -0.2) is 36.6 Å². The molecule has 1 aromatic heterocycles. The number of methoxy groups -OCH3 is 2. The summed E-state index contributed by atoms with van der Waals surface area (Å²) in [6, 6.07) is 11.7. The summed E-state index contributed by atoms with van der Waals surface area (Å²) >= 11 is 0. The van der Waals surface area contributed by atoms with E-state index in [1.54, 1.807) is 14.2 Å². The van der Waals surface area contributed by atoms with Gasteiger partial charge in [0.2, 0.25) is 11.9 Å². The lowest BCUT2D eigenvalue weighted by molar-refractivity contribution is -0.114. The molecule has 0 spiro atoms. The van der Waals surface area contributed by atoms with Crippen molar-refractivity contribution in [3.8, 4) is 22.6 Å². The van der Waals surface area contributed by atoms with Gasteiger partial charge in [0.25, 0.3) is 0 Å². The molecule has 2 N–H and O–H groups in total. The van der Waals surface area contributed by atoms with E-state index < -0.39 is 0 Å². The van der Waals surface area contributed by atoms with Crippen LogP contribution in [-0.2, 0) is 4.79 Å². The number of aromatic nitrogens is 2. The molecule has 0 aliphatic heterocycles. The topological polar surface area (TPSA) is 85.4 Å². The molecule has 2 aromatic carbocycles. The summed E-state index contributed by atoms with van der Waals surface area (Å²) in [6.45, 7) is 4.29. The first kappa shape index (κ1) is 19.4. The van der Waals surface area contributed by atoms with Crippen molar-refractivity contribution < 1.29 is 14.3 Å². The third-order valence-electron chi connectivity index (χ3n) is 4.24. The van der Waals surface area contributed by atoms with Crippen molar-refractivity contribution in [1.82, 2.24) is 9.97 Å². The van der Waals surface area contributed by atoms with Crippen molar-refractivity contribution in [3.05, 3.63) is 36.4 Å². The second kappa shape index (κ2) is 8.56. The van der Waals surface area contributed by atoms with Crippen LogP contribution in [0.15, 0.2) is 36.4 Å². The molecule has 1 heterocycles.